The molecule has 1 atom stereocenters. The number of H-pyrrole nitrogens is 1. The van der Waals surface area contributed by atoms with Crippen molar-refractivity contribution in [1.29, 1.82) is 0 Å². The minimum Gasteiger partial charge on any atom is -0.347 e. The molecule has 20 heavy (non-hydrogen) atoms. The number of nitrogens with one attached hydrogen (secondary N) is 3. The van der Waals surface area contributed by atoms with Gasteiger partial charge in [-0.25, -0.2) is 18.1 Å². The second-order valence-electron chi connectivity index (χ2n) is 4.52. The van der Waals surface area contributed by atoms with E-state index in [0.717, 1.165) is 10.4 Å². The SMILES string of the molecule is CNCc1sc(S(=O)(=O)NC(C)c2ncc[nH]2)cc1C. The Morgan fingerprint density at radius 1 is 1.50 bits per heavy atom. The predicted octanol–water partition coefficient (Wildman–Crippen LogP) is 1.54. The average Bonchev–Trinajstić information content (AvgIpc) is 3.00. The molecule has 0 spiro atoms. The molecule has 0 radical (unpaired) electrons. The molecule has 110 valence electrons. The van der Waals surface area contributed by atoms with Gasteiger partial charge < -0.3 is 10.3 Å². The van der Waals surface area contributed by atoms with Crippen molar-refractivity contribution in [1.82, 2.24) is 20.0 Å². The highest BCUT2D eigenvalue weighted by atomic mass is 32.2. The lowest BCUT2D eigenvalue weighted by Gasteiger charge is -2.10. The summed E-state index contributed by atoms with van der Waals surface area (Å²) in [6.45, 7) is 4.34. The molecule has 0 bridgehead atoms. The van der Waals surface area contributed by atoms with Crippen LogP contribution in [0.5, 0.6) is 0 Å². The smallest absolute Gasteiger partial charge is 0.250 e. The molecular weight excluding hydrogens is 296 g/mol. The van der Waals surface area contributed by atoms with E-state index in [1.165, 1.54) is 11.3 Å². The summed E-state index contributed by atoms with van der Waals surface area (Å²) in [6, 6.07) is 1.30. The van der Waals surface area contributed by atoms with E-state index in [1.54, 1.807) is 25.4 Å². The zero-order valence-corrected chi connectivity index (χ0v) is 13.2. The summed E-state index contributed by atoms with van der Waals surface area (Å²) >= 11 is 1.29. The Labute approximate surface area is 122 Å². The van der Waals surface area contributed by atoms with Crippen LogP contribution in [0, 0.1) is 6.92 Å². The molecule has 0 fully saturated rings. The molecule has 6 nitrogen and oxygen atoms in total. The number of aromatic nitrogens is 2. The Balaban J connectivity index is 2.20. The minimum atomic E-state index is -3.52. The van der Waals surface area contributed by atoms with Gasteiger partial charge in [0.1, 0.15) is 10.0 Å². The average molecular weight is 314 g/mol. The topological polar surface area (TPSA) is 86.9 Å². The number of aryl methyl sites for hydroxylation is 1. The van der Waals surface area contributed by atoms with Crippen molar-refractivity contribution in [3.8, 4) is 0 Å². The first kappa shape index (κ1) is 15.2. The third-order valence-corrected chi connectivity index (χ3v) is 6.11. The number of hydrogen-bond donors (Lipinski definition) is 3. The van der Waals surface area contributed by atoms with Crippen LogP contribution in [0.1, 0.15) is 29.2 Å². The van der Waals surface area contributed by atoms with Gasteiger partial charge in [0.2, 0.25) is 0 Å². The molecule has 2 rings (SSSR count). The summed E-state index contributed by atoms with van der Waals surface area (Å²) in [7, 11) is -1.69. The summed E-state index contributed by atoms with van der Waals surface area (Å²) in [4.78, 5) is 7.99. The second-order valence-corrected chi connectivity index (χ2v) is 7.60. The van der Waals surface area contributed by atoms with Crippen molar-refractivity contribution < 1.29 is 8.42 Å². The van der Waals surface area contributed by atoms with Crippen molar-refractivity contribution in [3.05, 3.63) is 34.7 Å². The van der Waals surface area contributed by atoms with Crippen LogP contribution < -0.4 is 10.0 Å². The summed E-state index contributed by atoms with van der Waals surface area (Å²) in [5, 5.41) is 3.03. The number of rotatable bonds is 6. The lowest BCUT2D eigenvalue weighted by Crippen LogP contribution is -2.26. The van der Waals surface area contributed by atoms with Crippen molar-refractivity contribution in [2.75, 3.05) is 7.05 Å². The van der Waals surface area contributed by atoms with Crippen molar-refractivity contribution >= 4 is 21.4 Å². The Morgan fingerprint density at radius 2 is 2.25 bits per heavy atom. The van der Waals surface area contributed by atoms with Crippen molar-refractivity contribution in [2.45, 2.75) is 30.6 Å². The summed E-state index contributed by atoms with van der Waals surface area (Å²) in [5.41, 5.74) is 0.982. The molecule has 0 amide bonds. The van der Waals surface area contributed by atoms with Crippen LogP contribution in [0.4, 0.5) is 0 Å². The maximum absolute atomic E-state index is 12.3. The molecule has 0 aliphatic heterocycles. The first-order chi connectivity index (χ1) is 9.44. The Kier molecular flexibility index (Phi) is 4.59. The van der Waals surface area contributed by atoms with Crippen LogP contribution in [0.15, 0.2) is 22.7 Å². The predicted molar refractivity (Wildman–Crippen MR) is 79.1 cm³/mol. The molecule has 8 heteroatoms. The fourth-order valence-electron chi connectivity index (χ4n) is 1.82. The third-order valence-electron chi connectivity index (χ3n) is 2.86. The Morgan fingerprint density at radius 3 is 2.85 bits per heavy atom. The van der Waals surface area contributed by atoms with Crippen LogP contribution in [0.2, 0.25) is 0 Å². The molecule has 0 aliphatic rings. The quantitative estimate of drug-likeness (QED) is 0.755. The maximum Gasteiger partial charge on any atom is 0.250 e. The van der Waals surface area contributed by atoms with Gasteiger partial charge in [-0.1, -0.05) is 0 Å². The third kappa shape index (κ3) is 3.26. The standard InChI is InChI=1S/C12H18N4O2S2/c1-8-6-11(19-10(8)7-13-3)20(17,18)16-9(2)12-14-4-5-15-12/h4-6,9,13,16H,7H2,1-3H3,(H,14,15). The van der Waals surface area contributed by atoms with Crippen LogP contribution in [0.25, 0.3) is 0 Å². The lowest BCUT2D eigenvalue weighted by molar-refractivity contribution is 0.563. The molecule has 2 heterocycles. The van der Waals surface area contributed by atoms with Crippen LogP contribution in [0.3, 0.4) is 0 Å². The van der Waals surface area contributed by atoms with Gasteiger partial charge in [-0.2, -0.15) is 0 Å². The fraction of sp³-hybridized carbons (Fsp3) is 0.417. The first-order valence-electron chi connectivity index (χ1n) is 6.19. The van der Waals surface area contributed by atoms with Crippen LogP contribution in [-0.4, -0.2) is 25.4 Å². The Bertz CT molecular complexity index is 662. The molecule has 3 N–H and O–H groups in total. The van der Waals surface area contributed by atoms with E-state index in [0.29, 0.717) is 16.6 Å². The van der Waals surface area contributed by atoms with Gasteiger partial charge in [0.15, 0.2) is 0 Å². The molecule has 0 aromatic carbocycles. The van der Waals surface area contributed by atoms with Gasteiger partial charge in [0.05, 0.1) is 6.04 Å². The molecule has 2 aromatic rings. The van der Waals surface area contributed by atoms with E-state index in [9.17, 15) is 8.42 Å². The normalized spacial score (nSPS) is 13.6. The van der Waals surface area contributed by atoms with E-state index in [2.05, 4.69) is 20.0 Å². The molecule has 0 saturated carbocycles. The fourth-order valence-corrected chi connectivity index (χ4v) is 4.64. The monoisotopic (exact) mass is 314 g/mol. The molecular formula is C12H18N4O2S2. The molecule has 1 unspecified atom stereocenters. The maximum atomic E-state index is 12.3. The highest BCUT2D eigenvalue weighted by Crippen LogP contribution is 2.26. The Hall–Kier alpha value is -1.22. The van der Waals surface area contributed by atoms with Gasteiger partial charge in [-0.05, 0) is 32.5 Å². The highest BCUT2D eigenvalue weighted by molar-refractivity contribution is 7.91. The van der Waals surface area contributed by atoms with Gasteiger partial charge in [0, 0.05) is 23.8 Å². The van der Waals surface area contributed by atoms with Crippen molar-refractivity contribution in [3.63, 3.8) is 0 Å². The first-order valence-corrected chi connectivity index (χ1v) is 8.49. The zero-order valence-electron chi connectivity index (χ0n) is 11.6. The summed E-state index contributed by atoms with van der Waals surface area (Å²) in [5.74, 6) is 0.595. The van der Waals surface area contributed by atoms with E-state index < -0.39 is 16.1 Å². The van der Waals surface area contributed by atoms with E-state index in [4.69, 9.17) is 0 Å². The molecule has 0 aliphatic carbocycles. The zero-order chi connectivity index (χ0) is 14.8. The number of hydrogen-bond acceptors (Lipinski definition) is 5. The minimum absolute atomic E-state index is 0.332. The number of imidazole rings is 1. The van der Waals surface area contributed by atoms with Crippen molar-refractivity contribution in [2.24, 2.45) is 0 Å². The number of aromatic amines is 1. The van der Waals surface area contributed by atoms with Crippen LogP contribution >= 0.6 is 11.3 Å². The second kappa shape index (κ2) is 6.04. The van der Waals surface area contributed by atoms with E-state index >= 15 is 0 Å². The lowest BCUT2D eigenvalue weighted by atomic mass is 10.3. The number of sulfonamides is 1. The summed E-state index contributed by atoms with van der Waals surface area (Å²) < 4.78 is 27.6. The van der Waals surface area contributed by atoms with E-state index in [1.807, 2.05) is 14.0 Å². The van der Waals surface area contributed by atoms with Crippen LogP contribution in [-0.2, 0) is 16.6 Å². The number of thiophene rings is 1. The number of nitrogens with zero attached hydrogens (tertiary/aromatic N) is 1. The largest absolute Gasteiger partial charge is 0.347 e. The molecule has 2 aromatic heterocycles. The van der Waals surface area contributed by atoms with Gasteiger partial charge in [0.25, 0.3) is 10.0 Å². The van der Waals surface area contributed by atoms with Gasteiger partial charge in [-0.15, -0.1) is 11.3 Å². The molecule has 0 saturated heterocycles. The van der Waals surface area contributed by atoms with E-state index in [-0.39, 0.29) is 0 Å². The summed E-state index contributed by atoms with van der Waals surface area (Å²) in [6.07, 6.45) is 3.26. The highest BCUT2D eigenvalue weighted by Gasteiger charge is 2.22. The van der Waals surface area contributed by atoms with Gasteiger partial charge >= 0.3 is 0 Å². The van der Waals surface area contributed by atoms with Gasteiger partial charge in [-0.3, -0.25) is 0 Å².